The van der Waals surface area contributed by atoms with Gasteiger partial charge < -0.3 is 5.73 Å². The van der Waals surface area contributed by atoms with E-state index in [0.717, 1.165) is 18.7 Å². The summed E-state index contributed by atoms with van der Waals surface area (Å²) in [5.74, 6) is 0. The third-order valence-corrected chi connectivity index (χ3v) is 4.40. The zero-order valence-electron chi connectivity index (χ0n) is 12.8. The van der Waals surface area contributed by atoms with Crippen molar-refractivity contribution in [1.29, 1.82) is 0 Å². The molecule has 1 saturated heterocycles. The second kappa shape index (κ2) is 6.06. The van der Waals surface area contributed by atoms with Crippen LogP contribution in [0.25, 0.3) is 0 Å². The first-order chi connectivity index (χ1) is 9.06. The minimum absolute atomic E-state index is 0.232. The van der Waals surface area contributed by atoms with Gasteiger partial charge >= 0.3 is 0 Å². The molecule has 0 spiro atoms. The Morgan fingerprint density at radius 2 is 2.05 bits per heavy atom. The predicted molar refractivity (Wildman–Crippen MR) is 79.1 cm³/mol. The Labute approximate surface area is 117 Å². The molecule has 4 heteroatoms. The van der Waals surface area contributed by atoms with Gasteiger partial charge in [0, 0.05) is 24.3 Å². The van der Waals surface area contributed by atoms with Crippen LogP contribution >= 0.6 is 0 Å². The minimum Gasteiger partial charge on any atom is -0.326 e. The Kier molecular flexibility index (Phi) is 4.63. The van der Waals surface area contributed by atoms with Gasteiger partial charge in [0.25, 0.3) is 0 Å². The molecule has 2 atom stereocenters. The molecule has 1 aromatic rings. The van der Waals surface area contributed by atoms with Crippen molar-refractivity contribution < 1.29 is 0 Å². The van der Waals surface area contributed by atoms with Crippen molar-refractivity contribution in [1.82, 2.24) is 14.7 Å². The highest BCUT2D eigenvalue weighted by atomic mass is 15.3. The molecule has 2 heterocycles. The average Bonchev–Trinajstić information content (AvgIpc) is 2.52. The van der Waals surface area contributed by atoms with Crippen LogP contribution in [0, 0.1) is 13.8 Å². The maximum atomic E-state index is 6.50. The quantitative estimate of drug-likeness (QED) is 0.911. The summed E-state index contributed by atoms with van der Waals surface area (Å²) in [7, 11) is 2.03. The fraction of sp³-hybridized carbons (Fsp3) is 0.800. The number of rotatable bonds is 3. The van der Waals surface area contributed by atoms with Crippen LogP contribution in [0.2, 0.25) is 0 Å². The highest BCUT2D eigenvalue weighted by molar-refractivity contribution is 5.30. The highest BCUT2D eigenvalue weighted by Gasteiger charge is 2.32. The molecule has 2 N–H and O–H groups in total. The van der Waals surface area contributed by atoms with Crippen LogP contribution in [-0.4, -0.2) is 33.8 Å². The van der Waals surface area contributed by atoms with Crippen LogP contribution in [-0.2, 0) is 7.05 Å². The Morgan fingerprint density at radius 1 is 1.32 bits per heavy atom. The molecule has 19 heavy (non-hydrogen) atoms. The SMILES string of the molecule is CCCN1CCCCC(N)C1c1c(C)nn(C)c1C. The summed E-state index contributed by atoms with van der Waals surface area (Å²) in [6, 6.07) is 0.576. The van der Waals surface area contributed by atoms with Crippen molar-refractivity contribution in [3.63, 3.8) is 0 Å². The van der Waals surface area contributed by atoms with E-state index >= 15 is 0 Å². The van der Waals surface area contributed by atoms with Gasteiger partial charge in [-0.05, 0) is 46.2 Å². The molecule has 0 aliphatic carbocycles. The van der Waals surface area contributed by atoms with E-state index in [-0.39, 0.29) is 6.04 Å². The molecule has 2 rings (SSSR count). The summed E-state index contributed by atoms with van der Waals surface area (Å²) in [6.45, 7) is 8.82. The highest BCUT2D eigenvalue weighted by Crippen LogP contribution is 2.33. The average molecular weight is 264 g/mol. The van der Waals surface area contributed by atoms with Gasteiger partial charge in [-0.1, -0.05) is 13.3 Å². The van der Waals surface area contributed by atoms with Gasteiger partial charge in [0.05, 0.1) is 11.7 Å². The molecule has 0 amide bonds. The topological polar surface area (TPSA) is 47.1 Å². The summed E-state index contributed by atoms with van der Waals surface area (Å²) >= 11 is 0. The van der Waals surface area contributed by atoms with E-state index in [1.807, 2.05) is 11.7 Å². The zero-order valence-corrected chi connectivity index (χ0v) is 12.8. The van der Waals surface area contributed by atoms with Crippen molar-refractivity contribution >= 4 is 0 Å². The Morgan fingerprint density at radius 3 is 2.63 bits per heavy atom. The molecule has 4 nitrogen and oxygen atoms in total. The van der Waals surface area contributed by atoms with Gasteiger partial charge in [0.1, 0.15) is 0 Å². The minimum atomic E-state index is 0.232. The smallest absolute Gasteiger partial charge is 0.0644 e. The molecule has 1 aromatic heterocycles. The van der Waals surface area contributed by atoms with Crippen LogP contribution in [0.15, 0.2) is 0 Å². The number of nitrogens with two attached hydrogens (primary N) is 1. The normalized spacial score (nSPS) is 25.5. The van der Waals surface area contributed by atoms with Crippen molar-refractivity contribution in [3.8, 4) is 0 Å². The standard InChI is InChI=1S/C15H28N4/c1-5-9-19-10-7-6-8-13(16)15(19)14-11(2)17-18(4)12(14)3/h13,15H,5-10,16H2,1-4H3. The van der Waals surface area contributed by atoms with Crippen LogP contribution in [0.3, 0.4) is 0 Å². The molecule has 1 aliphatic rings. The maximum Gasteiger partial charge on any atom is 0.0644 e. The second-order valence-corrected chi connectivity index (χ2v) is 5.85. The van der Waals surface area contributed by atoms with Gasteiger partial charge in [0.2, 0.25) is 0 Å². The van der Waals surface area contributed by atoms with Crippen LogP contribution in [0.4, 0.5) is 0 Å². The third kappa shape index (κ3) is 2.84. The second-order valence-electron chi connectivity index (χ2n) is 5.85. The van der Waals surface area contributed by atoms with E-state index in [9.17, 15) is 0 Å². The first-order valence-corrected chi connectivity index (χ1v) is 7.56. The van der Waals surface area contributed by atoms with Gasteiger partial charge in [-0.3, -0.25) is 9.58 Å². The predicted octanol–water partition coefficient (Wildman–Crippen LogP) is 2.30. The monoisotopic (exact) mass is 264 g/mol. The van der Waals surface area contributed by atoms with Crippen molar-refractivity contribution in [2.45, 2.75) is 58.5 Å². The summed E-state index contributed by atoms with van der Waals surface area (Å²) < 4.78 is 1.99. The zero-order chi connectivity index (χ0) is 14.0. The largest absolute Gasteiger partial charge is 0.326 e. The van der Waals surface area contributed by atoms with Crippen molar-refractivity contribution in [3.05, 3.63) is 17.0 Å². The lowest BCUT2D eigenvalue weighted by Gasteiger charge is -2.33. The van der Waals surface area contributed by atoms with E-state index < -0.39 is 0 Å². The lowest BCUT2D eigenvalue weighted by molar-refractivity contribution is 0.184. The number of hydrogen-bond acceptors (Lipinski definition) is 3. The molecule has 0 saturated carbocycles. The number of nitrogens with zero attached hydrogens (tertiary/aromatic N) is 3. The van der Waals surface area contributed by atoms with Gasteiger partial charge in [0.15, 0.2) is 0 Å². The summed E-state index contributed by atoms with van der Waals surface area (Å²) in [6.07, 6.45) is 4.82. The molecule has 108 valence electrons. The lowest BCUT2D eigenvalue weighted by atomic mass is 9.94. The third-order valence-electron chi connectivity index (χ3n) is 4.40. The van der Waals surface area contributed by atoms with E-state index in [0.29, 0.717) is 6.04 Å². The van der Waals surface area contributed by atoms with E-state index in [1.54, 1.807) is 0 Å². The fourth-order valence-corrected chi connectivity index (χ4v) is 3.42. The van der Waals surface area contributed by atoms with E-state index in [1.165, 1.54) is 37.1 Å². The Bertz CT molecular complexity index is 424. The molecule has 2 unspecified atom stereocenters. The van der Waals surface area contributed by atoms with E-state index in [4.69, 9.17) is 5.73 Å². The molecule has 0 bridgehead atoms. The Balaban J connectivity index is 2.40. The molecular formula is C15H28N4. The molecule has 0 radical (unpaired) electrons. The number of aromatic nitrogens is 2. The van der Waals surface area contributed by atoms with E-state index in [2.05, 4.69) is 30.8 Å². The van der Waals surface area contributed by atoms with Gasteiger partial charge in [-0.2, -0.15) is 5.10 Å². The first-order valence-electron chi connectivity index (χ1n) is 7.56. The van der Waals surface area contributed by atoms with Crippen LogP contribution < -0.4 is 5.73 Å². The van der Waals surface area contributed by atoms with Crippen molar-refractivity contribution in [2.75, 3.05) is 13.1 Å². The Hall–Kier alpha value is -0.870. The number of aryl methyl sites for hydroxylation is 2. The van der Waals surface area contributed by atoms with Gasteiger partial charge in [-0.15, -0.1) is 0 Å². The molecular weight excluding hydrogens is 236 g/mol. The lowest BCUT2D eigenvalue weighted by Crippen LogP contribution is -2.40. The van der Waals surface area contributed by atoms with Gasteiger partial charge in [-0.25, -0.2) is 0 Å². The summed E-state index contributed by atoms with van der Waals surface area (Å²) in [5.41, 5.74) is 10.3. The number of hydrogen-bond donors (Lipinski definition) is 1. The van der Waals surface area contributed by atoms with Crippen LogP contribution in [0.1, 0.15) is 55.6 Å². The first kappa shape index (κ1) is 14.5. The maximum absolute atomic E-state index is 6.50. The van der Waals surface area contributed by atoms with Crippen molar-refractivity contribution in [2.24, 2.45) is 12.8 Å². The number of likely N-dealkylation sites (tertiary alicyclic amines) is 1. The fourth-order valence-electron chi connectivity index (χ4n) is 3.42. The molecule has 0 aromatic carbocycles. The van der Waals surface area contributed by atoms with Crippen LogP contribution in [0.5, 0.6) is 0 Å². The molecule has 1 aliphatic heterocycles. The summed E-state index contributed by atoms with van der Waals surface area (Å²) in [4.78, 5) is 2.58. The molecule has 1 fully saturated rings. The summed E-state index contributed by atoms with van der Waals surface area (Å²) in [5, 5.41) is 4.58.